The zero-order valence-electron chi connectivity index (χ0n) is 11.9. The molecule has 0 radical (unpaired) electrons. The van der Waals surface area contributed by atoms with Gasteiger partial charge in [-0.25, -0.2) is 0 Å². The number of aromatic nitrogens is 1. The smallest absolute Gasteiger partial charge is 0.0705 e. The predicted octanol–water partition coefficient (Wildman–Crippen LogP) is 3.31. The topological polar surface area (TPSA) is 34.1 Å². The maximum absolute atomic E-state index is 5.78. The lowest BCUT2D eigenvalue weighted by atomic mass is 10.0. The van der Waals surface area contributed by atoms with Crippen LogP contribution < -0.4 is 5.32 Å². The zero-order valence-corrected chi connectivity index (χ0v) is 11.9. The van der Waals surface area contributed by atoms with Crippen molar-refractivity contribution in [2.75, 3.05) is 13.2 Å². The molecule has 2 rings (SSSR count). The van der Waals surface area contributed by atoms with Crippen LogP contribution in [0.25, 0.3) is 10.9 Å². The molecular weight excluding hydrogens is 236 g/mol. The summed E-state index contributed by atoms with van der Waals surface area (Å²) in [7, 11) is 0. The monoisotopic (exact) mass is 258 g/mol. The number of pyridine rings is 1. The maximum Gasteiger partial charge on any atom is 0.0705 e. The summed E-state index contributed by atoms with van der Waals surface area (Å²) in [5.41, 5.74) is 2.29. The minimum Gasteiger partial charge on any atom is -0.377 e. The molecule has 3 nitrogen and oxygen atoms in total. The van der Waals surface area contributed by atoms with E-state index in [1.54, 1.807) is 0 Å². The van der Waals surface area contributed by atoms with Crippen LogP contribution >= 0.6 is 0 Å². The first kappa shape index (κ1) is 14.0. The highest BCUT2D eigenvalue weighted by atomic mass is 16.5. The average molecular weight is 258 g/mol. The fraction of sp³-hybridized carbons (Fsp3) is 0.438. The lowest BCUT2D eigenvalue weighted by molar-refractivity contribution is 0.0617. The van der Waals surface area contributed by atoms with Crippen LogP contribution in [0.5, 0.6) is 0 Å². The van der Waals surface area contributed by atoms with Gasteiger partial charge < -0.3 is 10.1 Å². The highest BCUT2D eigenvalue weighted by Crippen LogP contribution is 2.23. The number of fused-ring (bicyclic) bond motifs is 1. The maximum atomic E-state index is 5.78. The van der Waals surface area contributed by atoms with Gasteiger partial charge in [-0.2, -0.15) is 0 Å². The number of hydrogen-bond acceptors (Lipinski definition) is 3. The van der Waals surface area contributed by atoms with Crippen LogP contribution in [0.4, 0.5) is 0 Å². The standard InChI is InChI=1S/C16H22N2O/c1-4-17-16(11-19-12(2)3)14-7-5-9-15-13(14)8-6-10-18-15/h5-10,12,16-17H,4,11H2,1-3H3. The van der Waals surface area contributed by atoms with Gasteiger partial charge in [0.1, 0.15) is 0 Å². The third-order valence-electron chi connectivity index (χ3n) is 3.10. The molecule has 102 valence electrons. The summed E-state index contributed by atoms with van der Waals surface area (Å²) in [4.78, 5) is 4.41. The lowest BCUT2D eigenvalue weighted by Gasteiger charge is -2.21. The minimum absolute atomic E-state index is 0.209. The van der Waals surface area contributed by atoms with Crippen LogP contribution in [-0.2, 0) is 4.74 Å². The molecule has 0 bridgehead atoms. The predicted molar refractivity (Wildman–Crippen MR) is 79.2 cm³/mol. The van der Waals surface area contributed by atoms with Crippen LogP contribution in [0.3, 0.4) is 0 Å². The number of hydrogen-bond donors (Lipinski definition) is 1. The van der Waals surface area contributed by atoms with Crippen LogP contribution in [0.2, 0.25) is 0 Å². The molecule has 3 heteroatoms. The van der Waals surface area contributed by atoms with E-state index >= 15 is 0 Å². The van der Waals surface area contributed by atoms with Crippen LogP contribution in [0, 0.1) is 0 Å². The van der Waals surface area contributed by atoms with Crippen molar-refractivity contribution < 1.29 is 4.74 Å². The molecule has 1 aromatic carbocycles. The third-order valence-corrected chi connectivity index (χ3v) is 3.10. The van der Waals surface area contributed by atoms with Crippen molar-refractivity contribution in [2.45, 2.75) is 32.9 Å². The molecule has 1 atom stereocenters. The summed E-state index contributed by atoms with van der Waals surface area (Å²) in [6.07, 6.45) is 2.08. The molecule has 1 unspecified atom stereocenters. The van der Waals surface area contributed by atoms with Gasteiger partial charge in [-0.05, 0) is 38.1 Å². The summed E-state index contributed by atoms with van der Waals surface area (Å²) in [6.45, 7) is 7.84. The van der Waals surface area contributed by atoms with Crippen molar-refractivity contribution in [1.82, 2.24) is 10.3 Å². The van der Waals surface area contributed by atoms with E-state index in [-0.39, 0.29) is 12.1 Å². The number of ether oxygens (including phenoxy) is 1. The SMILES string of the molecule is CCNC(COC(C)C)c1cccc2ncccc12. The Morgan fingerprint density at radius 3 is 2.79 bits per heavy atom. The Morgan fingerprint density at radius 2 is 2.05 bits per heavy atom. The van der Waals surface area contributed by atoms with Gasteiger partial charge in [0.05, 0.1) is 24.3 Å². The molecule has 1 heterocycles. The molecule has 0 amide bonds. The Morgan fingerprint density at radius 1 is 1.21 bits per heavy atom. The van der Waals surface area contributed by atoms with Gasteiger partial charge in [-0.1, -0.05) is 25.1 Å². The Balaban J connectivity index is 2.32. The third kappa shape index (κ3) is 3.52. The van der Waals surface area contributed by atoms with E-state index in [9.17, 15) is 0 Å². The van der Waals surface area contributed by atoms with Crippen molar-refractivity contribution in [3.8, 4) is 0 Å². The van der Waals surface area contributed by atoms with Crippen molar-refractivity contribution >= 4 is 10.9 Å². The van der Waals surface area contributed by atoms with Crippen LogP contribution in [0.1, 0.15) is 32.4 Å². The Hall–Kier alpha value is -1.45. The number of benzene rings is 1. The Labute approximate surface area is 115 Å². The number of rotatable bonds is 6. The Kier molecular flexibility index (Phi) is 4.88. The van der Waals surface area contributed by atoms with Crippen molar-refractivity contribution in [3.05, 3.63) is 42.1 Å². The Bertz CT molecular complexity index is 520. The molecule has 2 aromatic rings. The fourth-order valence-corrected chi connectivity index (χ4v) is 2.22. The second kappa shape index (κ2) is 6.64. The summed E-state index contributed by atoms with van der Waals surface area (Å²) in [5, 5.41) is 4.69. The lowest BCUT2D eigenvalue weighted by Crippen LogP contribution is -2.26. The van der Waals surface area contributed by atoms with Crippen LogP contribution in [0.15, 0.2) is 36.5 Å². The van der Waals surface area contributed by atoms with Crippen LogP contribution in [-0.4, -0.2) is 24.2 Å². The minimum atomic E-state index is 0.209. The molecule has 0 aliphatic heterocycles. The number of nitrogens with zero attached hydrogens (tertiary/aromatic N) is 1. The van der Waals surface area contributed by atoms with Gasteiger partial charge in [0, 0.05) is 11.6 Å². The molecule has 0 saturated carbocycles. The first-order valence-electron chi connectivity index (χ1n) is 6.91. The van der Waals surface area contributed by atoms with E-state index in [0.29, 0.717) is 6.61 Å². The molecule has 1 N–H and O–H groups in total. The van der Waals surface area contributed by atoms with E-state index in [0.717, 1.165) is 12.1 Å². The molecule has 0 fully saturated rings. The molecule has 0 saturated heterocycles. The van der Waals surface area contributed by atoms with E-state index in [4.69, 9.17) is 4.74 Å². The van der Waals surface area contributed by atoms with E-state index in [1.807, 2.05) is 18.3 Å². The van der Waals surface area contributed by atoms with Gasteiger partial charge in [-0.3, -0.25) is 4.98 Å². The molecule has 0 aliphatic rings. The summed E-state index contributed by atoms with van der Waals surface area (Å²) in [5.74, 6) is 0. The normalized spacial score (nSPS) is 13.1. The second-order valence-electron chi connectivity index (χ2n) is 4.91. The van der Waals surface area contributed by atoms with Crippen molar-refractivity contribution in [3.63, 3.8) is 0 Å². The molecule has 0 aliphatic carbocycles. The second-order valence-corrected chi connectivity index (χ2v) is 4.91. The first-order chi connectivity index (χ1) is 9.22. The van der Waals surface area contributed by atoms with E-state index in [1.165, 1.54) is 10.9 Å². The van der Waals surface area contributed by atoms with E-state index < -0.39 is 0 Å². The highest BCUT2D eigenvalue weighted by Gasteiger charge is 2.14. The van der Waals surface area contributed by atoms with Gasteiger partial charge in [0.2, 0.25) is 0 Å². The average Bonchev–Trinajstić information content (AvgIpc) is 2.43. The van der Waals surface area contributed by atoms with Crippen molar-refractivity contribution in [1.29, 1.82) is 0 Å². The van der Waals surface area contributed by atoms with Crippen molar-refractivity contribution in [2.24, 2.45) is 0 Å². The van der Waals surface area contributed by atoms with E-state index in [2.05, 4.69) is 49.3 Å². The number of likely N-dealkylation sites (N-methyl/N-ethyl adjacent to an activating group) is 1. The quantitative estimate of drug-likeness (QED) is 0.863. The summed E-state index contributed by atoms with van der Waals surface area (Å²) < 4.78 is 5.78. The van der Waals surface area contributed by atoms with Gasteiger partial charge in [-0.15, -0.1) is 0 Å². The molecule has 19 heavy (non-hydrogen) atoms. The molecule has 1 aromatic heterocycles. The highest BCUT2D eigenvalue weighted by molar-refractivity contribution is 5.82. The van der Waals surface area contributed by atoms with Gasteiger partial charge >= 0.3 is 0 Å². The first-order valence-corrected chi connectivity index (χ1v) is 6.91. The fourth-order valence-electron chi connectivity index (χ4n) is 2.22. The summed E-state index contributed by atoms with van der Waals surface area (Å²) in [6, 6.07) is 10.6. The largest absolute Gasteiger partial charge is 0.377 e. The molecule has 0 spiro atoms. The van der Waals surface area contributed by atoms with Gasteiger partial charge in [0.15, 0.2) is 0 Å². The zero-order chi connectivity index (χ0) is 13.7. The summed E-state index contributed by atoms with van der Waals surface area (Å²) >= 11 is 0. The number of nitrogens with one attached hydrogen (secondary N) is 1. The molecular formula is C16H22N2O. The van der Waals surface area contributed by atoms with Gasteiger partial charge in [0.25, 0.3) is 0 Å².